The third-order valence-electron chi connectivity index (χ3n) is 5.26. The van der Waals surface area contributed by atoms with Crippen molar-refractivity contribution in [1.82, 2.24) is 29.9 Å². The Morgan fingerprint density at radius 3 is 2.67 bits per heavy atom. The molecule has 0 amide bonds. The van der Waals surface area contributed by atoms with Crippen LogP contribution in [0.3, 0.4) is 0 Å². The number of guanidine groups is 1. The lowest BCUT2D eigenvalue weighted by Gasteiger charge is -2.36. The molecule has 1 aliphatic rings. The number of ether oxygens (including phenoxy) is 1. The summed E-state index contributed by atoms with van der Waals surface area (Å²) < 4.78 is 21.2. The fourth-order valence-corrected chi connectivity index (χ4v) is 3.51. The number of aromatic nitrogens is 3. The third kappa shape index (κ3) is 5.68. The Hall–Kier alpha value is -2.23. The minimum absolute atomic E-state index is 0.257. The number of halogens is 2. The lowest BCUT2D eigenvalue weighted by Crippen LogP contribution is -2.52. The number of aliphatic imine (C=N–C) groups is 1. The smallest absolute Gasteiger partial charge is 0.194 e. The number of nitrogens with zero attached hydrogens (tertiary/aromatic N) is 6. The lowest BCUT2D eigenvalue weighted by molar-refractivity contribution is 0.168. The molecule has 30 heavy (non-hydrogen) atoms. The maximum absolute atomic E-state index is 14.1. The second-order valence-electron chi connectivity index (χ2n) is 7.25. The van der Waals surface area contributed by atoms with Gasteiger partial charge in [-0.25, -0.2) is 9.38 Å². The molecule has 0 unspecified atom stereocenters. The van der Waals surface area contributed by atoms with Crippen LogP contribution in [0, 0.1) is 12.7 Å². The van der Waals surface area contributed by atoms with Crippen LogP contribution >= 0.6 is 11.6 Å². The summed E-state index contributed by atoms with van der Waals surface area (Å²) in [7, 11) is 3.61. The van der Waals surface area contributed by atoms with E-state index < -0.39 is 0 Å². The molecule has 0 spiro atoms. The maximum atomic E-state index is 14.1. The summed E-state index contributed by atoms with van der Waals surface area (Å²) in [5, 5.41) is 12.1. The molecule has 164 valence electrons. The Morgan fingerprint density at radius 1 is 1.27 bits per heavy atom. The van der Waals surface area contributed by atoms with Crippen molar-refractivity contribution in [1.29, 1.82) is 0 Å². The van der Waals surface area contributed by atoms with Crippen LogP contribution in [0.1, 0.15) is 17.2 Å². The average molecular weight is 438 g/mol. The minimum Gasteiger partial charge on any atom is -0.383 e. The molecular formula is C20H29ClFN7O. The summed E-state index contributed by atoms with van der Waals surface area (Å²) in [5.74, 6) is 2.23. The number of methoxy groups -OCH3 is 1. The van der Waals surface area contributed by atoms with Crippen LogP contribution in [0.2, 0.25) is 5.02 Å². The van der Waals surface area contributed by atoms with E-state index >= 15 is 0 Å². The first-order valence-electron chi connectivity index (χ1n) is 10.0. The van der Waals surface area contributed by atoms with Crippen molar-refractivity contribution < 1.29 is 9.13 Å². The van der Waals surface area contributed by atoms with Crippen molar-refractivity contribution in [3.05, 3.63) is 46.3 Å². The molecule has 0 atom stereocenters. The predicted octanol–water partition coefficient (Wildman–Crippen LogP) is 1.83. The van der Waals surface area contributed by atoms with Crippen LogP contribution in [-0.4, -0.2) is 77.0 Å². The van der Waals surface area contributed by atoms with Crippen molar-refractivity contribution in [2.45, 2.75) is 20.0 Å². The standard InChI is InChI=1S/C20H29ClFN7O/c1-15-25-26-19(27(15)2)13-24-20(23-7-12-30-3)29-10-8-28(9-11-29)14-16-17(21)5-4-6-18(16)22/h4-6H,7-14H2,1-3H3,(H,23,24). The van der Waals surface area contributed by atoms with Crippen molar-refractivity contribution in [2.24, 2.45) is 12.0 Å². The van der Waals surface area contributed by atoms with Crippen LogP contribution in [0.5, 0.6) is 0 Å². The fraction of sp³-hybridized carbons (Fsp3) is 0.550. The topological polar surface area (TPSA) is 70.8 Å². The van der Waals surface area contributed by atoms with E-state index in [-0.39, 0.29) is 5.82 Å². The first-order valence-corrected chi connectivity index (χ1v) is 10.4. The van der Waals surface area contributed by atoms with Crippen molar-refractivity contribution >= 4 is 17.6 Å². The summed E-state index contributed by atoms with van der Waals surface area (Å²) >= 11 is 6.18. The van der Waals surface area contributed by atoms with Gasteiger partial charge in [0.05, 0.1) is 6.61 Å². The maximum Gasteiger partial charge on any atom is 0.194 e. The highest BCUT2D eigenvalue weighted by molar-refractivity contribution is 6.31. The summed E-state index contributed by atoms with van der Waals surface area (Å²) in [6, 6.07) is 4.82. The quantitative estimate of drug-likeness (QED) is 0.405. The largest absolute Gasteiger partial charge is 0.383 e. The summed E-state index contributed by atoms with van der Waals surface area (Å²) in [6.45, 7) is 7.26. The SMILES string of the molecule is COCCNC(=NCc1nnc(C)n1C)N1CCN(Cc2c(F)cccc2Cl)CC1. The number of nitrogens with one attached hydrogen (secondary N) is 1. The number of hydrogen-bond donors (Lipinski definition) is 1. The van der Waals surface area contributed by atoms with Gasteiger partial charge in [-0.3, -0.25) is 4.90 Å². The number of aryl methyl sites for hydroxylation is 1. The van der Waals surface area contributed by atoms with Gasteiger partial charge in [0.15, 0.2) is 11.8 Å². The van der Waals surface area contributed by atoms with Gasteiger partial charge < -0.3 is 19.5 Å². The number of piperazine rings is 1. The molecule has 10 heteroatoms. The van der Waals surface area contributed by atoms with Crippen LogP contribution < -0.4 is 5.32 Å². The Labute approximate surface area is 181 Å². The van der Waals surface area contributed by atoms with E-state index in [4.69, 9.17) is 21.3 Å². The molecule has 1 aromatic heterocycles. The Kier molecular flexibility index (Phi) is 8.01. The van der Waals surface area contributed by atoms with Crippen LogP contribution in [0.25, 0.3) is 0 Å². The normalized spacial score (nSPS) is 15.6. The molecule has 8 nitrogen and oxygen atoms in total. The van der Waals surface area contributed by atoms with E-state index in [2.05, 4.69) is 25.3 Å². The predicted molar refractivity (Wildman–Crippen MR) is 115 cm³/mol. The van der Waals surface area contributed by atoms with Crippen LogP contribution in [-0.2, 0) is 24.9 Å². The molecular weight excluding hydrogens is 409 g/mol. The monoisotopic (exact) mass is 437 g/mol. The van der Waals surface area contributed by atoms with Gasteiger partial charge in [0.2, 0.25) is 0 Å². The number of rotatable bonds is 7. The molecule has 0 aliphatic carbocycles. The molecule has 1 saturated heterocycles. The zero-order valence-corrected chi connectivity index (χ0v) is 18.5. The van der Waals surface area contributed by atoms with Crippen molar-refractivity contribution in [3.8, 4) is 0 Å². The van der Waals surface area contributed by atoms with Gasteiger partial charge in [0, 0.05) is 64.0 Å². The highest BCUT2D eigenvalue weighted by Crippen LogP contribution is 2.21. The lowest BCUT2D eigenvalue weighted by atomic mass is 10.2. The molecule has 2 heterocycles. The molecule has 0 radical (unpaired) electrons. The second-order valence-corrected chi connectivity index (χ2v) is 7.65. The van der Waals surface area contributed by atoms with Crippen molar-refractivity contribution in [3.63, 3.8) is 0 Å². The Bertz CT molecular complexity index is 845. The molecule has 1 aromatic carbocycles. The van der Waals surface area contributed by atoms with Gasteiger partial charge >= 0.3 is 0 Å². The van der Waals surface area contributed by atoms with E-state index in [1.807, 2.05) is 18.5 Å². The van der Waals surface area contributed by atoms with Gasteiger partial charge in [0.25, 0.3) is 0 Å². The first kappa shape index (κ1) is 22.5. The molecule has 0 bridgehead atoms. The summed E-state index contributed by atoms with van der Waals surface area (Å²) in [4.78, 5) is 9.17. The van der Waals surface area contributed by atoms with Gasteiger partial charge in [-0.05, 0) is 19.1 Å². The fourth-order valence-electron chi connectivity index (χ4n) is 3.29. The van der Waals surface area contributed by atoms with Crippen molar-refractivity contribution in [2.75, 3.05) is 46.4 Å². The van der Waals surface area contributed by atoms with E-state index in [0.29, 0.717) is 36.8 Å². The molecule has 1 N–H and O–H groups in total. The van der Waals surface area contributed by atoms with Gasteiger partial charge in [-0.2, -0.15) is 0 Å². The van der Waals surface area contributed by atoms with E-state index in [9.17, 15) is 4.39 Å². The number of benzene rings is 1. The highest BCUT2D eigenvalue weighted by atomic mass is 35.5. The van der Waals surface area contributed by atoms with E-state index in [1.165, 1.54) is 6.07 Å². The summed E-state index contributed by atoms with van der Waals surface area (Å²) in [6.07, 6.45) is 0. The summed E-state index contributed by atoms with van der Waals surface area (Å²) in [5.41, 5.74) is 0.553. The molecule has 1 fully saturated rings. The molecule has 2 aromatic rings. The molecule has 0 saturated carbocycles. The van der Waals surface area contributed by atoms with Crippen LogP contribution in [0.4, 0.5) is 4.39 Å². The minimum atomic E-state index is -0.257. The van der Waals surface area contributed by atoms with E-state index in [0.717, 1.165) is 43.8 Å². The van der Waals surface area contributed by atoms with Gasteiger partial charge in [-0.15, -0.1) is 10.2 Å². The highest BCUT2D eigenvalue weighted by Gasteiger charge is 2.21. The van der Waals surface area contributed by atoms with Gasteiger partial charge in [0.1, 0.15) is 18.2 Å². The average Bonchev–Trinajstić information content (AvgIpc) is 3.06. The Morgan fingerprint density at radius 2 is 2.03 bits per heavy atom. The van der Waals surface area contributed by atoms with Crippen LogP contribution in [0.15, 0.2) is 23.2 Å². The van der Waals surface area contributed by atoms with E-state index in [1.54, 1.807) is 19.2 Å². The third-order valence-corrected chi connectivity index (χ3v) is 5.61. The molecule has 1 aliphatic heterocycles. The number of hydrogen-bond acceptors (Lipinski definition) is 5. The van der Waals surface area contributed by atoms with Gasteiger partial charge in [-0.1, -0.05) is 17.7 Å². The zero-order valence-electron chi connectivity index (χ0n) is 17.7. The second kappa shape index (κ2) is 10.7. The Balaban J connectivity index is 1.62. The molecule has 3 rings (SSSR count). The first-order chi connectivity index (χ1) is 14.5. The zero-order chi connectivity index (χ0) is 21.5.